The highest BCUT2D eigenvalue weighted by atomic mass is 35.5. The maximum atomic E-state index is 11.9. The number of hydrogen-bond donors (Lipinski definition) is 0. The molecular formula is C13H12ClNOS. The van der Waals surface area contributed by atoms with Crippen molar-refractivity contribution < 1.29 is 4.79 Å². The van der Waals surface area contributed by atoms with Crippen molar-refractivity contribution in [3.8, 4) is 0 Å². The van der Waals surface area contributed by atoms with Gasteiger partial charge in [0.2, 0.25) is 0 Å². The van der Waals surface area contributed by atoms with Crippen molar-refractivity contribution in [1.29, 1.82) is 0 Å². The molecule has 2 nitrogen and oxygen atoms in total. The molecule has 0 unspecified atom stereocenters. The first-order chi connectivity index (χ1) is 8.19. The Kier molecular flexibility index (Phi) is 3.92. The molecule has 88 valence electrons. The van der Waals surface area contributed by atoms with Crippen LogP contribution in [0.2, 0.25) is 5.02 Å². The fourth-order valence-electron chi connectivity index (χ4n) is 1.50. The van der Waals surface area contributed by atoms with Gasteiger partial charge in [0.1, 0.15) is 5.69 Å². The molecule has 2 aromatic rings. The quantitative estimate of drug-likeness (QED) is 0.788. The number of nitrogens with zero attached hydrogens (tertiary/aromatic N) is 1. The fraction of sp³-hybridized carbons (Fsp3) is 0.231. The standard InChI is InChI=1S/C13H12ClNOS/c1-2-10-4-5-11(17-10)7-13(16)12-6-3-9(14)8-15-12/h3-6,8H,2,7H2,1H3. The number of pyridine rings is 1. The summed E-state index contributed by atoms with van der Waals surface area (Å²) in [5, 5.41) is 0.547. The van der Waals surface area contributed by atoms with Crippen molar-refractivity contribution in [2.45, 2.75) is 19.8 Å². The van der Waals surface area contributed by atoms with E-state index in [1.54, 1.807) is 23.5 Å². The maximum absolute atomic E-state index is 11.9. The summed E-state index contributed by atoms with van der Waals surface area (Å²) in [4.78, 5) is 18.3. The Morgan fingerprint density at radius 3 is 2.65 bits per heavy atom. The van der Waals surface area contributed by atoms with Gasteiger partial charge in [-0.05, 0) is 30.7 Å². The Labute approximate surface area is 109 Å². The van der Waals surface area contributed by atoms with Crippen molar-refractivity contribution in [1.82, 2.24) is 4.98 Å². The predicted molar refractivity (Wildman–Crippen MR) is 71.0 cm³/mol. The molecule has 0 aliphatic rings. The van der Waals surface area contributed by atoms with Crippen LogP contribution in [-0.4, -0.2) is 10.8 Å². The third-order valence-electron chi connectivity index (χ3n) is 2.41. The highest BCUT2D eigenvalue weighted by Gasteiger charge is 2.09. The lowest BCUT2D eigenvalue weighted by atomic mass is 10.2. The molecule has 0 N–H and O–H groups in total. The van der Waals surface area contributed by atoms with Crippen LogP contribution in [0.25, 0.3) is 0 Å². The normalized spacial score (nSPS) is 10.5. The van der Waals surface area contributed by atoms with Crippen molar-refractivity contribution in [2.24, 2.45) is 0 Å². The van der Waals surface area contributed by atoms with Crippen LogP contribution in [0.15, 0.2) is 30.5 Å². The number of aromatic nitrogens is 1. The molecule has 0 fully saturated rings. The van der Waals surface area contributed by atoms with Crippen LogP contribution in [0.1, 0.15) is 27.2 Å². The molecule has 0 aromatic carbocycles. The molecule has 0 amide bonds. The van der Waals surface area contributed by atoms with Gasteiger partial charge in [-0.25, -0.2) is 0 Å². The average molecular weight is 266 g/mol. The first-order valence-electron chi connectivity index (χ1n) is 5.41. The van der Waals surface area contributed by atoms with E-state index in [2.05, 4.69) is 18.0 Å². The SMILES string of the molecule is CCc1ccc(CC(=O)c2ccc(Cl)cn2)s1. The van der Waals surface area contributed by atoms with Gasteiger partial charge in [0.05, 0.1) is 5.02 Å². The maximum Gasteiger partial charge on any atom is 0.186 e. The molecule has 0 saturated carbocycles. The number of ketones is 1. The lowest BCUT2D eigenvalue weighted by molar-refractivity contribution is 0.0989. The van der Waals surface area contributed by atoms with Gasteiger partial charge < -0.3 is 0 Å². The van der Waals surface area contributed by atoms with E-state index in [-0.39, 0.29) is 5.78 Å². The van der Waals surface area contributed by atoms with Crippen LogP contribution < -0.4 is 0 Å². The molecule has 0 bridgehead atoms. The number of carbonyl (C=O) groups is 1. The van der Waals surface area contributed by atoms with E-state index in [0.717, 1.165) is 11.3 Å². The van der Waals surface area contributed by atoms with Crippen LogP contribution >= 0.6 is 22.9 Å². The first kappa shape index (κ1) is 12.3. The lowest BCUT2D eigenvalue weighted by Gasteiger charge is -1.98. The Morgan fingerprint density at radius 1 is 1.29 bits per heavy atom. The largest absolute Gasteiger partial charge is 0.292 e. The Balaban J connectivity index is 2.08. The fourth-order valence-corrected chi connectivity index (χ4v) is 2.57. The molecule has 2 heterocycles. The molecular weight excluding hydrogens is 254 g/mol. The summed E-state index contributed by atoms with van der Waals surface area (Å²) in [6.07, 6.45) is 2.93. The second-order valence-electron chi connectivity index (χ2n) is 3.68. The Morgan fingerprint density at radius 2 is 2.06 bits per heavy atom. The van der Waals surface area contributed by atoms with Crippen molar-refractivity contribution in [3.63, 3.8) is 0 Å². The van der Waals surface area contributed by atoms with Crippen LogP contribution in [0, 0.1) is 0 Å². The zero-order chi connectivity index (χ0) is 12.3. The molecule has 4 heteroatoms. The zero-order valence-corrected chi connectivity index (χ0v) is 11.0. The van der Waals surface area contributed by atoms with E-state index in [1.807, 2.05) is 6.07 Å². The lowest BCUT2D eigenvalue weighted by Crippen LogP contribution is -2.04. The number of aryl methyl sites for hydroxylation is 1. The van der Waals surface area contributed by atoms with Gasteiger partial charge in [-0.15, -0.1) is 11.3 Å². The van der Waals surface area contributed by atoms with E-state index < -0.39 is 0 Å². The summed E-state index contributed by atoms with van der Waals surface area (Å²) in [5.41, 5.74) is 0.473. The van der Waals surface area contributed by atoms with Crippen molar-refractivity contribution >= 4 is 28.7 Å². The third kappa shape index (κ3) is 3.14. The van der Waals surface area contributed by atoms with E-state index >= 15 is 0 Å². The molecule has 0 saturated heterocycles. The third-order valence-corrected chi connectivity index (χ3v) is 3.87. The van der Waals surface area contributed by atoms with E-state index in [0.29, 0.717) is 17.1 Å². The van der Waals surface area contributed by atoms with Gasteiger partial charge in [0, 0.05) is 22.4 Å². The minimum Gasteiger partial charge on any atom is -0.292 e. The number of halogens is 1. The smallest absolute Gasteiger partial charge is 0.186 e. The van der Waals surface area contributed by atoms with Crippen LogP contribution in [-0.2, 0) is 12.8 Å². The van der Waals surface area contributed by atoms with Crippen LogP contribution in [0.5, 0.6) is 0 Å². The molecule has 2 aromatic heterocycles. The minimum atomic E-state index is 0.0335. The van der Waals surface area contributed by atoms with Gasteiger partial charge in [-0.1, -0.05) is 18.5 Å². The zero-order valence-electron chi connectivity index (χ0n) is 9.44. The molecule has 0 spiro atoms. The molecule has 17 heavy (non-hydrogen) atoms. The van der Waals surface area contributed by atoms with E-state index in [1.165, 1.54) is 11.1 Å². The summed E-state index contributed by atoms with van der Waals surface area (Å²) in [5.74, 6) is 0.0335. The first-order valence-corrected chi connectivity index (χ1v) is 6.61. The van der Waals surface area contributed by atoms with Gasteiger partial charge in [-0.3, -0.25) is 9.78 Å². The Bertz CT molecular complexity index is 518. The highest BCUT2D eigenvalue weighted by molar-refractivity contribution is 7.12. The molecule has 2 rings (SSSR count). The molecule has 0 radical (unpaired) electrons. The van der Waals surface area contributed by atoms with Crippen LogP contribution in [0.4, 0.5) is 0 Å². The number of carbonyl (C=O) groups excluding carboxylic acids is 1. The van der Waals surface area contributed by atoms with Gasteiger partial charge in [0.25, 0.3) is 0 Å². The van der Waals surface area contributed by atoms with Crippen LogP contribution in [0.3, 0.4) is 0 Å². The summed E-state index contributed by atoms with van der Waals surface area (Å²) >= 11 is 7.41. The van der Waals surface area contributed by atoms with Gasteiger partial charge in [-0.2, -0.15) is 0 Å². The van der Waals surface area contributed by atoms with E-state index in [9.17, 15) is 4.79 Å². The summed E-state index contributed by atoms with van der Waals surface area (Å²) in [7, 11) is 0. The number of Topliss-reactive ketones (excluding diaryl/α,β-unsaturated/α-hetero) is 1. The second-order valence-corrected chi connectivity index (χ2v) is 5.37. The predicted octanol–water partition coefficient (Wildman–Crippen LogP) is 3.78. The highest BCUT2D eigenvalue weighted by Crippen LogP contribution is 2.19. The van der Waals surface area contributed by atoms with Gasteiger partial charge in [0.15, 0.2) is 5.78 Å². The summed E-state index contributed by atoms with van der Waals surface area (Å²) in [6.45, 7) is 2.11. The second kappa shape index (κ2) is 5.43. The number of hydrogen-bond acceptors (Lipinski definition) is 3. The molecule has 0 atom stereocenters. The minimum absolute atomic E-state index is 0.0335. The number of rotatable bonds is 4. The number of thiophene rings is 1. The van der Waals surface area contributed by atoms with Gasteiger partial charge >= 0.3 is 0 Å². The summed E-state index contributed by atoms with van der Waals surface area (Å²) in [6, 6.07) is 7.44. The van der Waals surface area contributed by atoms with Crippen molar-refractivity contribution in [3.05, 3.63) is 50.9 Å². The topological polar surface area (TPSA) is 30.0 Å². The Hall–Kier alpha value is -1.19. The molecule has 0 aliphatic carbocycles. The molecule has 0 aliphatic heterocycles. The monoisotopic (exact) mass is 265 g/mol. The van der Waals surface area contributed by atoms with Crippen molar-refractivity contribution in [2.75, 3.05) is 0 Å². The average Bonchev–Trinajstić information content (AvgIpc) is 2.77. The van der Waals surface area contributed by atoms with E-state index in [4.69, 9.17) is 11.6 Å². The summed E-state index contributed by atoms with van der Waals surface area (Å²) < 4.78 is 0.